The lowest BCUT2D eigenvalue weighted by molar-refractivity contribution is -0.137. The fraction of sp³-hybridized carbons (Fsp3) is 0.867. The van der Waals surface area contributed by atoms with Crippen LogP contribution in [-0.4, -0.2) is 42.4 Å². The lowest BCUT2D eigenvalue weighted by Crippen LogP contribution is -2.48. The van der Waals surface area contributed by atoms with Crippen molar-refractivity contribution in [2.24, 2.45) is 23.5 Å². The monoisotopic (exact) mass is 283 g/mol. The number of piperidine rings is 1. The summed E-state index contributed by atoms with van der Waals surface area (Å²) in [5.74, 6) is 0.446. The molecular weight excluding hydrogens is 254 g/mol. The third-order valence-corrected chi connectivity index (χ3v) is 4.10. The van der Waals surface area contributed by atoms with Crippen LogP contribution in [0, 0.1) is 17.8 Å². The van der Waals surface area contributed by atoms with Crippen molar-refractivity contribution in [3.05, 3.63) is 0 Å². The van der Waals surface area contributed by atoms with Crippen molar-refractivity contribution < 1.29 is 9.59 Å². The Morgan fingerprint density at radius 2 is 1.95 bits per heavy atom. The van der Waals surface area contributed by atoms with Gasteiger partial charge in [-0.1, -0.05) is 20.8 Å². The zero-order valence-electron chi connectivity index (χ0n) is 13.2. The van der Waals surface area contributed by atoms with E-state index >= 15 is 0 Å². The zero-order valence-corrected chi connectivity index (χ0v) is 13.2. The maximum atomic E-state index is 12.3. The second-order valence-electron chi connectivity index (χ2n) is 6.34. The first-order chi connectivity index (χ1) is 9.32. The van der Waals surface area contributed by atoms with Gasteiger partial charge in [-0.25, -0.2) is 0 Å². The molecular formula is C15H29N3O2. The summed E-state index contributed by atoms with van der Waals surface area (Å²) in [6.45, 7) is 9.73. The van der Waals surface area contributed by atoms with Gasteiger partial charge in [-0.3, -0.25) is 9.59 Å². The van der Waals surface area contributed by atoms with Crippen LogP contribution in [0.5, 0.6) is 0 Å². The Balaban J connectivity index is 2.46. The SMILES string of the molecule is CC(C)C(=O)NCC1CCCN(C(=O)C(C)C(C)N)C1. The van der Waals surface area contributed by atoms with Crippen LogP contribution in [0.25, 0.3) is 0 Å². The second kappa shape index (κ2) is 7.62. The average Bonchev–Trinajstić information content (AvgIpc) is 2.43. The summed E-state index contributed by atoms with van der Waals surface area (Å²) in [5.41, 5.74) is 5.81. The summed E-state index contributed by atoms with van der Waals surface area (Å²) >= 11 is 0. The van der Waals surface area contributed by atoms with Gasteiger partial charge in [-0.2, -0.15) is 0 Å². The van der Waals surface area contributed by atoms with E-state index in [-0.39, 0.29) is 29.7 Å². The van der Waals surface area contributed by atoms with Crippen LogP contribution >= 0.6 is 0 Å². The van der Waals surface area contributed by atoms with E-state index in [0.717, 1.165) is 25.9 Å². The van der Waals surface area contributed by atoms with Crippen LogP contribution in [0.1, 0.15) is 40.5 Å². The fourth-order valence-electron chi connectivity index (χ4n) is 2.39. The summed E-state index contributed by atoms with van der Waals surface area (Å²) in [4.78, 5) is 25.8. The van der Waals surface area contributed by atoms with Crippen molar-refractivity contribution in [3.63, 3.8) is 0 Å². The molecule has 116 valence electrons. The lowest BCUT2D eigenvalue weighted by atomic mass is 9.95. The fourth-order valence-corrected chi connectivity index (χ4v) is 2.39. The van der Waals surface area contributed by atoms with E-state index in [0.29, 0.717) is 12.5 Å². The maximum absolute atomic E-state index is 12.3. The number of carbonyl (C=O) groups is 2. The topological polar surface area (TPSA) is 75.4 Å². The molecule has 5 nitrogen and oxygen atoms in total. The number of nitrogens with zero attached hydrogens (tertiary/aromatic N) is 1. The highest BCUT2D eigenvalue weighted by Gasteiger charge is 2.28. The van der Waals surface area contributed by atoms with E-state index < -0.39 is 0 Å². The first-order valence-corrected chi connectivity index (χ1v) is 7.65. The molecule has 0 spiro atoms. The number of carbonyl (C=O) groups excluding carboxylic acids is 2. The van der Waals surface area contributed by atoms with Crippen LogP contribution in [-0.2, 0) is 9.59 Å². The largest absolute Gasteiger partial charge is 0.356 e. The lowest BCUT2D eigenvalue weighted by Gasteiger charge is -2.35. The normalized spacial score (nSPS) is 22.5. The van der Waals surface area contributed by atoms with Crippen molar-refractivity contribution in [1.82, 2.24) is 10.2 Å². The zero-order chi connectivity index (χ0) is 15.3. The van der Waals surface area contributed by atoms with E-state index in [1.807, 2.05) is 32.6 Å². The highest BCUT2D eigenvalue weighted by atomic mass is 16.2. The minimum Gasteiger partial charge on any atom is -0.356 e. The van der Waals surface area contributed by atoms with Crippen molar-refractivity contribution in [1.29, 1.82) is 0 Å². The van der Waals surface area contributed by atoms with Crippen molar-refractivity contribution in [2.45, 2.75) is 46.6 Å². The van der Waals surface area contributed by atoms with Crippen molar-refractivity contribution >= 4 is 11.8 Å². The van der Waals surface area contributed by atoms with Crippen LogP contribution in [0.15, 0.2) is 0 Å². The van der Waals surface area contributed by atoms with Crippen LogP contribution in [0.3, 0.4) is 0 Å². The predicted molar refractivity (Wildman–Crippen MR) is 80.0 cm³/mol. The van der Waals surface area contributed by atoms with Gasteiger partial charge in [0.05, 0.1) is 5.92 Å². The second-order valence-corrected chi connectivity index (χ2v) is 6.34. The van der Waals surface area contributed by atoms with Crippen LogP contribution in [0.2, 0.25) is 0 Å². The van der Waals surface area contributed by atoms with Crippen LogP contribution < -0.4 is 11.1 Å². The van der Waals surface area contributed by atoms with Crippen molar-refractivity contribution in [3.8, 4) is 0 Å². The highest BCUT2D eigenvalue weighted by molar-refractivity contribution is 5.79. The van der Waals surface area contributed by atoms with E-state index in [4.69, 9.17) is 5.73 Å². The Morgan fingerprint density at radius 3 is 2.50 bits per heavy atom. The molecule has 2 amide bonds. The molecule has 0 aliphatic carbocycles. The standard InChI is InChI=1S/C15H29N3O2/c1-10(2)14(19)17-8-13-6-5-7-18(9-13)15(20)11(3)12(4)16/h10-13H,5-9,16H2,1-4H3,(H,17,19). The molecule has 0 saturated carbocycles. The van der Waals surface area contributed by atoms with E-state index in [9.17, 15) is 9.59 Å². The highest BCUT2D eigenvalue weighted by Crippen LogP contribution is 2.18. The summed E-state index contributed by atoms with van der Waals surface area (Å²) in [6.07, 6.45) is 2.06. The summed E-state index contributed by atoms with van der Waals surface area (Å²) in [6, 6.07) is -0.122. The summed E-state index contributed by atoms with van der Waals surface area (Å²) in [5, 5.41) is 2.96. The van der Waals surface area contributed by atoms with Gasteiger partial charge < -0.3 is 16.0 Å². The Kier molecular flexibility index (Phi) is 6.46. The number of likely N-dealkylation sites (tertiary alicyclic amines) is 1. The quantitative estimate of drug-likeness (QED) is 0.790. The average molecular weight is 283 g/mol. The molecule has 5 heteroatoms. The minimum atomic E-state index is -0.140. The first kappa shape index (κ1) is 17.0. The van der Waals surface area contributed by atoms with Gasteiger partial charge in [0, 0.05) is 31.6 Å². The van der Waals surface area contributed by atoms with Gasteiger partial charge in [0.1, 0.15) is 0 Å². The molecule has 3 atom stereocenters. The molecule has 3 N–H and O–H groups in total. The molecule has 3 unspecified atom stereocenters. The van der Waals surface area contributed by atoms with Gasteiger partial charge >= 0.3 is 0 Å². The van der Waals surface area contributed by atoms with Gasteiger partial charge in [-0.15, -0.1) is 0 Å². The molecule has 0 bridgehead atoms. The van der Waals surface area contributed by atoms with Gasteiger partial charge in [0.15, 0.2) is 0 Å². The van der Waals surface area contributed by atoms with E-state index in [2.05, 4.69) is 5.32 Å². The number of hydrogen-bond donors (Lipinski definition) is 2. The maximum Gasteiger partial charge on any atom is 0.226 e. The number of nitrogens with two attached hydrogens (primary N) is 1. The third-order valence-electron chi connectivity index (χ3n) is 4.10. The van der Waals surface area contributed by atoms with Crippen molar-refractivity contribution in [2.75, 3.05) is 19.6 Å². The Bertz CT molecular complexity index is 342. The van der Waals surface area contributed by atoms with Gasteiger partial charge in [0.25, 0.3) is 0 Å². The molecule has 1 aliphatic heterocycles. The molecule has 20 heavy (non-hydrogen) atoms. The van der Waals surface area contributed by atoms with Crippen LogP contribution in [0.4, 0.5) is 0 Å². The molecule has 1 heterocycles. The van der Waals surface area contributed by atoms with E-state index in [1.54, 1.807) is 0 Å². The molecule has 1 fully saturated rings. The summed E-state index contributed by atoms with van der Waals surface area (Å²) in [7, 11) is 0. The first-order valence-electron chi connectivity index (χ1n) is 7.65. The number of rotatable bonds is 5. The predicted octanol–water partition coefficient (Wildman–Crippen LogP) is 0.981. The third kappa shape index (κ3) is 4.78. The Morgan fingerprint density at radius 1 is 1.30 bits per heavy atom. The molecule has 1 aliphatic rings. The molecule has 0 radical (unpaired) electrons. The van der Waals surface area contributed by atoms with Gasteiger partial charge in [0.2, 0.25) is 11.8 Å². The summed E-state index contributed by atoms with van der Waals surface area (Å²) < 4.78 is 0. The molecule has 0 aromatic heterocycles. The Hall–Kier alpha value is -1.10. The Labute approximate surface area is 122 Å². The molecule has 1 rings (SSSR count). The molecule has 1 saturated heterocycles. The molecule has 0 aromatic rings. The van der Waals surface area contributed by atoms with Gasteiger partial charge in [-0.05, 0) is 25.7 Å². The number of nitrogens with one attached hydrogen (secondary N) is 1. The van der Waals surface area contributed by atoms with E-state index in [1.165, 1.54) is 0 Å². The molecule has 0 aromatic carbocycles. The minimum absolute atomic E-state index is 0.00874. The number of amides is 2. The smallest absolute Gasteiger partial charge is 0.226 e. The number of hydrogen-bond acceptors (Lipinski definition) is 3.